The van der Waals surface area contributed by atoms with Crippen LogP contribution in [-0.2, 0) is 26.2 Å². The molecule has 1 N–H and O–H groups in total. The molecule has 0 aliphatic heterocycles. The molecule has 8 nitrogen and oxygen atoms in total. The Morgan fingerprint density at radius 3 is 2.46 bits per heavy atom. The molecule has 1 fully saturated rings. The summed E-state index contributed by atoms with van der Waals surface area (Å²) >= 11 is 6.15. The minimum Gasteiger partial charge on any atom is -0.495 e. The summed E-state index contributed by atoms with van der Waals surface area (Å²) in [5, 5.41) is 3.39. The van der Waals surface area contributed by atoms with Gasteiger partial charge in [-0.2, -0.15) is 0 Å². The molecule has 1 aliphatic rings. The van der Waals surface area contributed by atoms with Crippen LogP contribution < -0.4 is 14.4 Å². The molecule has 3 rings (SSSR count). The summed E-state index contributed by atoms with van der Waals surface area (Å²) in [4.78, 5) is 28.4. The largest absolute Gasteiger partial charge is 0.495 e. The molecule has 0 aromatic heterocycles. The molecule has 2 aromatic carbocycles. The van der Waals surface area contributed by atoms with Gasteiger partial charge in [0.05, 0.1) is 19.1 Å². The van der Waals surface area contributed by atoms with Crippen molar-refractivity contribution in [1.82, 2.24) is 10.2 Å². The third kappa shape index (κ3) is 7.85. The predicted molar refractivity (Wildman–Crippen MR) is 146 cm³/mol. The lowest BCUT2D eigenvalue weighted by Crippen LogP contribution is -2.53. The fourth-order valence-corrected chi connectivity index (χ4v) is 5.62. The molecule has 202 valence electrons. The number of methoxy groups -OCH3 is 1. The summed E-state index contributed by atoms with van der Waals surface area (Å²) in [6, 6.07) is 11.5. The first-order valence-corrected chi connectivity index (χ1v) is 14.7. The Morgan fingerprint density at radius 1 is 1.14 bits per heavy atom. The SMILES string of the molecule is COc1ccc(Cl)cc1N(CC(=O)N(Cc1cccc(C)c1)[C@@H](C)C(=O)NC1CCCCC1)S(C)(=O)=O. The number of amides is 2. The van der Waals surface area contributed by atoms with Gasteiger partial charge in [-0.3, -0.25) is 13.9 Å². The average Bonchev–Trinajstić information content (AvgIpc) is 2.85. The zero-order chi connectivity index (χ0) is 27.2. The van der Waals surface area contributed by atoms with Gasteiger partial charge in [-0.15, -0.1) is 0 Å². The van der Waals surface area contributed by atoms with Crippen molar-refractivity contribution < 1.29 is 22.7 Å². The number of ether oxygens (including phenoxy) is 1. The van der Waals surface area contributed by atoms with E-state index in [0.29, 0.717) is 5.02 Å². The summed E-state index contributed by atoms with van der Waals surface area (Å²) < 4.78 is 31.9. The molecule has 2 aromatic rings. The second kappa shape index (κ2) is 12.6. The first kappa shape index (κ1) is 28.8. The Bertz CT molecular complexity index is 1210. The minimum atomic E-state index is -3.90. The third-order valence-corrected chi connectivity index (χ3v) is 8.00. The van der Waals surface area contributed by atoms with Crippen LogP contribution in [0.25, 0.3) is 0 Å². The average molecular weight is 550 g/mol. The van der Waals surface area contributed by atoms with Crippen molar-refractivity contribution in [3.05, 3.63) is 58.6 Å². The van der Waals surface area contributed by atoms with Gasteiger partial charge >= 0.3 is 0 Å². The zero-order valence-corrected chi connectivity index (χ0v) is 23.4. The number of nitrogens with zero attached hydrogens (tertiary/aromatic N) is 2. The van der Waals surface area contributed by atoms with Crippen LogP contribution in [0.4, 0.5) is 5.69 Å². The van der Waals surface area contributed by atoms with Crippen LogP contribution in [-0.4, -0.2) is 57.1 Å². The van der Waals surface area contributed by atoms with E-state index in [1.165, 1.54) is 18.1 Å². The lowest BCUT2D eigenvalue weighted by atomic mass is 9.95. The number of benzene rings is 2. The number of carbonyl (C=O) groups is 2. The number of carbonyl (C=O) groups excluding carboxylic acids is 2. The Labute approximate surface area is 225 Å². The van der Waals surface area contributed by atoms with E-state index in [4.69, 9.17) is 16.3 Å². The van der Waals surface area contributed by atoms with Crippen LogP contribution in [0.15, 0.2) is 42.5 Å². The van der Waals surface area contributed by atoms with Crippen molar-refractivity contribution >= 4 is 39.1 Å². The second-order valence-corrected chi connectivity index (χ2v) is 12.0. The zero-order valence-electron chi connectivity index (χ0n) is 21.9. The lowest BCUT2D eigenvalue weighted by molar-refractivity contribution is -0.139. The molecule has 0 saturated heterocycles. The molecular weight excluding hydrogens is 514 g/mol. The van der Waals surface area contributed by atoms with Crippen LogP contribution in [0.2, 0.25) is 5.02 Å². The van der Waals surface area contributed by atoms with Crippen molar-refractivity contribution in [3.8, 4) is 5.75 Å². The van der Waals surface area contributed by atoms with Crippen LogP contribution >= 0.6 is 11.6 Å². The molecule has 0 radical (unpaired) electrons. The number of sulfonamides is 1. The van der Waals surface area contributed by atoms with E-state index in [0.717, 1.165) is 53.8 Å². The Kier molecular flexibility index (Phi) is 9.84. The third-order valence-electron chi connectivity index (χ3n) is 6.64. The van der Waals surface area contributed by atoms with E-state index in [1.54, 1.807) is 19.1 Å². The van der Waals surface area contributed by atoms with Gasteiger partial charge in [0.2, 0.25) is 21.8 Å². The number of hydrogen-bond acceptors (Lipinski definition) is 5. The maximum Gasteiger partial charge on any atom is 0.244 e. The summed E-state index contributed by atoms with van der Waals surface area (Å²) in [6.07, 6.45) is 6.15. The van der Waals surface area contributed by atoms with Gasteiger partial charge in [0.25, 0.3) is 0 Å². The molecule has 1 aliphatic carbocycles. The molecule has 1 atom stereocenters. The number of anilines is 1. The molecule has 10 heteroatoms. The fraction of sp³-hybridized carbons (Fsp3) is 0.481. The summed E-state index contributed by atoms with van der Waals surface area (Å²) in [7, 11) is -2.48. The van der Waals surface area contributed by atoms with Crippen molar-refractivity contribution in [2.75, 3.05) is 24.2 Å². The number of aryl methyl sites for hydroxylation is 1. The summed E-state index contributed by atoms with van der Waals surface area (Å²) in [6.45, 7) is 3.27. The van der Waals surface area contributed by atoms with Gasteiger partial charge < -0.3 is 15.0 Å². The van der Waals surface area contributed by atoms with Gasteiger partial charge in [-0.25, -0.2) is 8.42 Å². The highest BCUT2D eigenvalue weighted by Crippen LogP contribution is 2.33. The predicted octanol–water partition coefficient (Wildman–Crippen LogP) is 4.29. The first-order valence-electron chi connectivity index (χ1n) is 12.5. The van der Waals surface area contributed by atoms with Crippen LogP contribution in [0, 0.1) is 6.92 Å². The summed E-state index contributed by atoms with van der Waals surface area (Å²) in [5.41, 5.74) is 2.02. The summed E-state index contributed by atoms with van der Waals surface area (Å²) in [5.74, 6) is -0.504. The Morgan fingerprint density at radius 2 is 1.84 bits per heavy atom. The quantitative estimate of drug-likeness (QED) is 0.477. The van der Waals surface area contributed by atoms with Gasteiger partial charge in [0.1, 0.15) is 18.3 Å². The first-order chi connectivity index (χ1) is 17.5. The molecule has 0 heterocycles. The number of rotatable bonds is 10. The number of nitrogens with one attached hydrogen (secondary N) is 1. The highest BCUT2D eigenvalue weighted by molar-refractivity contribution is 7.92. The molecule has 37 heavy (non-hydrogen) atoms. The second-order valence-electron chi connectivity index (χ2n) is 9.62. The van der Waals surface area contributed by atoms with E-state index in [9.17, 15) is 18.0 Å². The number of halogens is 1. The molecule has 0 spiro atoms. The fourth-order valence-electron chi connectivity index (χ4n) is 4.61. The van der Waals surface area contributed by atoms with Gasteiger partial charge in [-0.1, -0.05) is 60.7 Å². The minimum absolute atomic E-state index is 0.0860. The Balaban J connectivity index is 1.92. The van der Waals surface area contributed by atoms with E-state index in [1.807, 2.05) is 31.2 Å². The normalized spacial score (nSPS) is 15.1. The maximum atomic E-state index is 13.8. The molecule has 2 amide bonds. The van der Waals surface area contributed by atoms with Crippen LogP contribution in [0.1, 0.15) is 50.2 Å². The van der Waals surface area contributed by atoms with Crippen LogP contribution in [0.5, 0.6) is 5.75 Å². The van der Waals surface area contributed by atoms with E-state index in [-0.39, 0.29) is 29.9 Å². The van der Waals surface area contributed by atoms with E-state index in [2.05, 4.69) is 5.32 Å². The van der Waals surface area contributed by atoms with Crippen molar-refractivity contribution in [1.29, 1.82) is 0 Å². The standard InChI is InChI=1S/C27H36ClN3O5S/c1-19-9-8-10-21(15-19)17-30(20(2)27(33)29-23-11-6-5-7-12-23)26(32)18-31(37(4,34)35)24-16-22(28)13-14-25(24)36-3/h8-10,13-16,20,23H,5-7,11-12,17-18H2,1-4H3,(H,29,33)/t20-/m0/s1. The highest BCUT2D eigenvalue weighted by Gasteiger charge is 2.32. The smallest absolute Gasteiger partial charge is 0.244 e. The van der Waals surface area contributed by atoms with Crippen LogP contribution in [0.3, 0.4) is 0 Å². The van der Waals surface area contributed by atoms with Crippen molar-refractivity contribution in [3.63, 3.8) is 0 Å². The lowest BCUT2D eigenvalue weighted by Gasteiger charge is -2.33. The number of hydrogen-bond donors (Lipinski definition) is 1. The molecule has 0 unspecified atom stereocenters. The molecule has 0 bridgehead atoms. The highest BCUT2D eigenvalue weighted by atomic mass is 35.5. The topological polar surface area (TPSA) is 96.0 Å². The van der Waals surface area contributed by atoms with Gasteiger partial charge in [-0.05, 0) is 50.5 Å². The maximum absolute atomic E-state index is 13.8. The van der Waals surface area contributed by atoms with Gasteiger partial charge in [0.15, 0.2) is 0 Å². The van der Waals surface area contributed by atoms with Crippen molar-refractivity contribution in [2.24, 2.45) is 0 Å². The molecule has 1 saturated carbocycles. The molecular formula is C27H36ClN3O5S. The monoisotopic (exact) mass is 549 g/mol. The van der Waals surface area contributed by atoms with E-state index >= 15 is 0 Å². The Hall–Kier alpha value is -2.78. The van der Waals surface area contributed by atoms with E-state index < -0.39 is 28.5 Å². The van der Waals surface area contributed by atoms with Gasteiger partial charge in [0, 0.05) is 17.6 Å². The van der Waals surface area contributed by atoms with Crippen molar-refractivity contribution in [2.45, 2.75) is 64.6 Å².